The summed E-state index contributed by atoms with van der Waals surface area (Å²) in [4.78, 5) is 2.27. The zero-order chi connectivity index (χ0) is 18.7. The number of hydrogen-bond donors (Lipinski definition) is 1. The molecule has 5 heteroatoms. The maximum atomic E-state index is 13.0. The van der Waals surface area contributed by atoms with E-state index in [0.29, 0.717) is 10.6 Å². The fraction of sp³-hybridized carbons (Fsp3) is 0.143. The van der Waals surface area contributed by atoms with Gasteiger partial charge in [-0.25, -0.2) is 8.42 Å². The van der Waals surface area contributed by atoms with Crippen molar-refractivity contribution in [1.29, 1.82) is 0 Å². The summed E-state index contributed by atoms with van der Waals surface area (Å²) in [6, 6.07) is 21.1. The van der Waals surface area contributed by atoms with Crippen molar-refractivity contribution in [2.75, 3.05) is 4.72 Å². The number of hydrogen-bond acceptors (Lipinski definition) is 3. The third-order valence-electron chi connectivity index (χ3n) is 3.98. The van der Waals surface area contributed by atoms with E-state index in [1.807, 2.05) is 81.4 Å². The smallest absolute Gasteiger partial charge is 0.262 e. The van der Waals surface area contributed by atoms with Crippen molar-refractivity contribution < 1.29 is 8.42 Å². The Kier molecular flexibility index (Phi) is 5.39. The van der Waals surface area contributed by atoms with Gasteiger partial charge >= 0.3 is 0 Å². The molecule has 0 fully saturated rings. The molecule has 0 spiro atoms. The second-order valence-electron chi connectivity index (χ2n) is 6.24. The van der Waals surface area contributed by atoms with Gasteiger partial charge in [0.1, 0.15) is 0 Å². The van der Waals surface area contributed by atoms with Gasteiger partial charge in [0.15, 0.2) is 0 Å². The standard InChI is InChI=1S/C21H21NO2S2/c1-15-13-16(2)21(17(3)14-15)26(23,24)22-19-11-7-8-12-20(19)25-18-9-5-4-6-10-18/h4-14,22H,1-3H3. The van der Waals surface area contributed by atoms with Gasteiger partial charge in [-0.1, -0.05) is 59.8 Å². The first-order valence-electron chi connectivity index (χ1n) is 8.29. The average molecular weight is 384 g/mol. The highest BCUT2D eigenvalue weighted by Crippen LogP contribution is 2.35. The van der Waals surface area contributed by atoms with Gasteiger partial charge in [0, 0.05) is 9.79 Å². The zero-order valence-electron chi connectivity index (χ0n) is 15.0. The van der Waals surface area contributed by atoms with Crippen LogP contribution in [0.3, 0.4) is 0 Å². The van der Waals surface area contributed by atoms with Crippen LogP contribution in [0.5, 0.6) is 0 Å². The number of aryl methyl sites for hydroxylation is 3. The molecule has 134 valence electrons. The molecule has 26 heavy (non-hydrogen) atoms. The highest BCUT2D eigenvalue weighted by atomic mass is 32.2. The molecule has 3 aromatic rings. The third kappa shape index (κ3) is 4.11. The highest BCUT2D eigenvalue weighted by molar-refractivity contribution is 7.99. The zero-order valence-corrected chi connectivity index (χ0v) is 16.6. The van der Waals surface area contributed by atoms with Gasteiger partial charge in [-0.15, -0.1) is 0 Å². The Morgan fingerprint density at radius 3 is 2.04 bits per heavy atom. The van der Waals surface area contributed by atoms with E-state index in [0.717, 1.165) is 26.5 Å². The summed E-state index contributed by atoms with van der Waals surface area (Å²) >= 11 is 1.53. The lowest BCUT2D eigenvalue weighted by molar-refractivity contribution is 0.600. The molecule has 0 aliphatic carbocycles. The van der Waals surface area contributed by atoms with E-state index in [1.54, 1.807) is 6.07 Å². The Morgan fingerprint density at radius 1 is 0.808 bits per heavy atom. The van der Waals surface area contributed by atoms with E-state index in [9.17, 15) is 8.42 Å². The van der Waals surface area contributed by atoms with Crippen LogP contribution in [0, 0.1) is 20.8 Å². The molecule has 0 atom stereocenters. The minimum Gasteiger partial charge on any atom is -0.278 e. The number of nitrogens with one attached hydrogen (secondary N) is 1. The van der Waals surface area contributed by atoms with Gasteiger partial charge in [-0.2, -0.15) is 0 Å². The monoisotopic (exact) mass is 383 g/mol. The summed E-state index contributed by atoms with van der Waals surface area (Å²) in [5.41, 5.74) is 3.14. The maximum absolute atomic E-state index is 13.0. The van der Waals surface area contributed by atoms with Crippen molar-refractivity contribution >= 4 is 27.5 Å². The summed E-state index contributed by atoms with van der Waals surface area (Å²) < 4.78 is 28.9. The molecule has 0 heterocycles. The fourth-order valence-corrected chi connectivity index (χ4v) is 5.56. The van der Waals surface area contributed by atoms with Crippen molar-refractivity contribution in [2.24, 2.45) is 0 Å². The molecule has 0 saturated heterocycles. The molecule has 0 aliphatic heterocycles. The first kappa shape index (κ1) is 18.5. The second kappa shape index (κ2) is 7.56. The largest absolute Gasteiger partial charge is 0.278 e. The molecule has 0 amide bonds. The molecule has 0 unspecified atom stereocenters. The number of sulfonamides is 1. The van der Waals surface area contributed by atoms with Crippen molar-refractivity contribution in [3.8, 4) is 0 Å². The predicted molar refractivity (Wildman–Crippen MR) is 108 cm³/mol. The van der Waals surface area contributed by atoms with E-state index in [1.165, 1.54) is 11.8 Å². The van der Waals surface area contributed by atoms with Crippen LogP contribution in [0.4, 0.5) is 5.69 Å². The summed E-state index contributed by atoms with van der Waals surface area (Å²) in [5, 5.41) is 0. The second-order valence-corrected chi connectivity index (χ2v) is 8.98. The van der Waals surface area contributed by atoms with Crippen LogP contribution < -0.4 is 4.72 Å². The lowest BCUT2D eigenvalue weighted by Crippen LogP contribution is -2.16. The van der Waals surface area contributed by atoms with E-state index in [2.05, 4.69) is 4.72 Å². The number of rotatable bonds is 5. The van der Waals surface area contributed by atoms with Crippen molar-refractivity contribution in [2.45, 2.75) is 35.5 Å². The first-order valence-corrected chi connectivity index (χ1v) is 10.6. The molecule has 0 aliphatic rings. The topological polar surface area (TPSA) is 46.2 Å². The van der Waals surface area contributed by atoms with Gasteiger partial charge in [0.2, 0.25) is 0 Å². The molecular formula is C21H21NO2S2. The van der Waals surface area contributed by atoms with Crippen LogP contribution in [-0.4, -0.2) is 8.42 Å². The molecular weight excluding hydrogens is 362 g/mol. The van der Waals surface area contributed by atoms with Crippen molar-refractivity contribution in [3.63, 3.8) is 0 Å². The molecule has 0 saturated carbocycles. The van der Waals surface area contributed by atoms with Crippen LogP contribution in [0.15, 0.2) is 81.4 Å². The molecule has 0 bridgehead atoms. The highest BCUT2D eigenvalue weighted by Gasteiger charge is 2.21. The van der Waals surface area contributed by atoms with E-state index >= 15 is 0 Å². The van der Waals surface area contributed by atoms with Crippen molar-refractivity contribution in [1.82, 2.24) is 0 Å². The van der Waals surface area contributed by atoms with Crippen LogP contribution in [0.1, 0.15) is 16.7 Å². The molecule has 3 aromatic carbocycles. The minimum atomic E-state index is -3.67. The van der Waals surface area contributed by atoms with E-state index in [4.69, 9.17) is 0 Å². The fourth-order valence-electron chi connectivity index (χ4n) is 3.04. The van der Waals surface area contributed by atoms with Gasteiger partial charge in [0.05, 0.1) is 10.6 Å². The first-order chi connectivity index (χ1) is 12.4. The SMILES string of the molecule is Cc1cc(C)c(S(=O)(=O)Nc2ccccc2Sc2ccccc2)c(C)c1. The molecule has 3 rings (SSSR count). The quantitative estimate of drug-likeness (QED) is 0.627. The summed E-state index contributed by atoms with van der Waals surface area (Å²) in [7, 11) is -3.67. The number of benzene rings is 3. The Balaban J connectivity index is 1.97. The van der Waals surface area contributed by atoms with Gasteiger partial charge in [0.25, 0.3) is 10.0 Å². The summed E-state index contributed by atoms with van der Waals surface area (Å²) in [6.07, 6.45) is 0. The van der Waals surface area contributed by atoms with Crippen molar-refractivity contribution in [3.05, 3.63) is 83.4 Å². The molecule has 3 nitrogen and oxygen atoms in total. The number of anilines is 1. The Morgan fingerprint density at radius 2 is 1.38 bits per heavy atom. The molecule has 1 N–H and O–H groups in total. The van der Waals surface area contributed by atoms with Crippen LogP contribution in [0.2, 0.25) is 0 Å². The maximum Gasteiger partial charge on any atom is 0.262 e. The van der Waals surface area contributed by atoms with Crippen LogP contribution in [0.25, 0.3) is 0 Å². The normalized spacial score (nSPS) is 11.3. The van der Waals surface area contributed by atoms with Crippen LogP contribution in [-0.2, 0) is 10.0 Å². The predicted octanol–water partition coefficient (Wildman–Crippen LogP) is 5.56. The molecule has 0 aromatic heterocycles. The van der Waals surface area contributed by atoms with E-state index in [-0.39, 0.29) is 0 Å². The lowest BCUT2D eigenvalue weighted by Gasteiger charge is -2.16. The Hall–Kier alpha value is -2.24. The average Bonchev–Trinajstić information content (AvgIpc) is 2.56. The molecule has 0 radical (unpaired) electrons. The number of para-hydroxylation sites is 1. The Bertz CT molecular complexity index is 1010. The minimum absolute atomic E-state index is 0.350. The Labute approximate surface area is 159 Å². The van der Waals surface area contributed by atoms with Crippen LogP contribution >= 0.6 is 11.8 Å². The van der Waals surface area contributed by atoms with Gasteiger partial charge in [-0.05, 0) is 56.2 Å². The van der Waals surface area contributed by atoms with Gasteiger partial charge in [-0.3, -0.25) is 4.72 Å². The lowest BCUT2D eigenvalue weighted by atomic mass is 10.1. The summed E-state index contributed by atoms with van der Waals surface area (Å²) in [6.45, 7) is 5.63. The van der Waals surface area contributed by atoms with Gasteiger partial charge < -0.3 is 0 Å². The third-order valence-corrected chi connectivity index (χ3v) is 6.73. The summed E-state index contributed by atoms with van der Waals surface area (Å²) in [5.74, 6) is 0. The van der Waals surface area contributed by atoms with E-state index < -0.39 is 10.0 Å².